The highest BCUT2D eigenvalue weighted by atomic mass is 16.5. The molecule has 1 aromatic carbocycles. The number of aryl methyl sites for hydroxylation is 1. The average molecular weight is 342 g/mol. The quantitative estimate of drug-likeness (QED) is 0.719. The predicted octanol–water partition coefficient (Wildman–Crippen LogP) is 2.05. The number of hydrogen-bond donors (Lipinski definition) is 0. The highest BCUT2D eigenvalue weighted by molar-refractivity contribution is 5.86. The lowest BCUT2D eigenvalue weighted by atomic mass is 10.1. The third-order valence-corrected chi connectivity index (χ3v) is 4.38. The van der Waals surface area contributed by atoms with E-state index in [0.717, 1.165) is 5.39 Å². The third-order valence-electron chi connectivity index (χ3n) is 4.38. The third kappa shape index (κ3) is 2.89. The van der Waals surface area contributed by atoms with Crippen molar-refractivity contribution in [3.05, 3.63) is 41.7 Å². The maximum absolute atomic E-state index is 12.9. The minimum Gasteiger partial charge on any atom is -0.374 e. The summed E-state index contributed by atoms with van der Waals surface area (Å²) in [7, 11) is 0. The first kappa shape index (κ1) is 15.8. The molecule has 3 heterocycles. The van der Waals surface area contributed by atoms with Gasteiger partial charge in [-0.2, -0.15) is 4.98 Å². The number of rotatable bonds is 3. The van der Waals surface area contributed by atoms with Gasteiger partial charge >= 0.3 is 0 Å². The first-order chi connectivity index (χ1) is 12.1. The smallest absolute Gasteiger partial charge is 0.252 e. The number of morpholine rings is 1. The molecule has 1 saturated heterocycles. The van der Waals surface area contributed by atoms with Crippen LogP contribution >= 0.6 is 0 Å². The molecule has 0 spiro atoms. The number of amides is 1. The van der Waals surface area contributed by atoms with E-state index in [1.54, 1.807) is 11.8 Å². The van der Waals surface area contributed by atoms with Gasteiger partial charge in [-0.15, -0.1) is 0 Å². The van der Waals surface area contributed by atoms with Gasteiger partial charge in [0.15, 0.2) is 11.4 Å². The Kier molecular flexibility index (Phi) is 3.96. The Hall–Kier alpha value is -2.74. The van der Waals surface area contributed by atoms with Gasteiger partial charge in [0.2, 0.25) is 5.91 Å². The minimum atomic E-state index is -0.402. The van der Waals surface area contributed by atoms with Gasteiger partial charge in [-0.25, -0.2) is 0 Å². The fourth-order valence-electron chi connectivity index (χ4n) is 3.18. The number of ether oxygens (including phenoxy) is 1. The summed E-state index contributed by atoms with van der Waals surface area (Å²) < 4.78 is 16.3. The van der Waals surface area contributed by atoms with Gasteiger partial charge in [0.25, 0.3) is 5.89 Å². The summed E-state index contributed by atoms with van der Waals surface area (Å²) in [5.41, 5.74) is 1.30. The van der Waals surface area contributed by atoms with Crippen molar-refractivity contribution < 1.29 is 18.6 Å². The number of hydrogen-bond acceptors (Lipinski definition) is 7. The van der Waals surface area contributed by atoms with Gasteiger partial charge in [0.1, 0.15) is 11.7 Å². The van der Waals surface area contributed by atoms with E-state index in [2.05, 4.69) is 15.3 Å². The van der Waals surface area contributed by atoms with Crippen LogP contribution in [0.2, 0.25) is 0 Å². The van der Waals surface area contributed by atoms with Crippen LogP contribution in [0.15, 0.2) is 33.3 Å². The maximum atomic E-state index is 12.9. The molecule has 3 aromatic rings. The Bertz CT molecular complexity index is 903. The van der Waals surface area contributed by atoms with E-state index < -0.39 is 6.04 Å². The summed E-state index contributed by atoms with van der Waals surface area (Å²) in [6.45, 7) is 4.57. The van der Waals surface area contributed by atoms with Crippen molar-refractivity contribution >= 4 is 16.9 Å². The van der Waals surface area contributed by atoms with E-state index in [0.29, 0.717) is 36.1 Å². The molecule has 25 heavy (non-hydrogen) atoms. The Labute approximate surface area is 143 Å². The molecule has 0 aliphatic carbocycles. The van der Waals surface area contributed by atoms with E-state index in [1.807, 2.05) is 31.2 Å². The maximum Gasteiger partial charge on any atom is 0.252 e. The Balaban J connectivity index is 1.61. The van der Waals surface area contributed by atoms with Gasteiger partial charge in [0.05, 0.1) is 19.1 Å². The van der Waals surface area contributed by atoms with Crippen molar-refractivity contribution in [2.75, 3.05) is 13.2 Å². The van der Waals surface area contributed by atoms with E-state index in [-0.39, 0.29) is 18.4 Å². The zero-order chi connectivity index (χ0) is 17.4. The summed E-state index contributed by atoms with van der Waals surface area (Å²) in [6.07, 6.45) is -0.0838. The normalized spacial score (nSPS) is 21.0. The van der Waals surface area contributed by atoms with Gasteiger partial charge in [-0.05, 0) is 26.0 Å². The molecule has 0 N–H and O–H groups in total. The molecule has 130 valence electrons. The highest BCUT2D eigenvalue weighted by Gasteiger charge is 2.38. The van der Waals surface area contributed by atoms with Crippen LogP contribution in [0.4, 0.5) is 0 Å². The SMILES string of the molecule is Cc1noc([C@@H]2[C@@H](C)OCCN2C(=O)Cc2noc3ccccc23)n1. The number of fused-ring (bicyclic) bond motifs is 1. The second-order valence-electron chi connectivity index (χ2n) is 6.09. The summed E-state index contributed by atoms with van der Waals surface area (Å²) in [4.78, 5) is 18.9. The molecule has 2 atom stereocenters. The molecule has 0 unspecified atom stereocenters. The first-order valence-electron chi connectivity index (χ1n) is 8.18. The van der Waals surface area contributed by atoms with Crippen LogP contribution < -0.4 is 0 Å². The lowest BCUT2D eigenvalue weighted by Gasteiger charge is -2.37. The molecule has 1 aliphatic heterocycles. The van der Waals surface area contributed by atoms with Gasteiger partial charge in [0, 0.05) is 11.9 Å². The van der Waals surface area contributed by atoms with E-state index in [4.69, 9.17) is 13.8 Å². The summed E-state index contributed by atoms with van der Waals surface area (Å²) >= 11 is 0. The molecule has 0 saturated carbocycles. The van der Waals surface area contributed by atoms with Crippen LogP contribution in [-0.2, 0) is 16.0 Å². The fraction of sp³-hybridized carbons (Fsp3) is 0.412. The van der Waals surface area contributed by atoms with Crippen molar-refractivity contribution in [1.82, 2.24) is 20.2 Å². The molecule has 0 bridgehead atoms. The Morgan fingerprint density at radius 1 is 1.28 bits per heavy atom. The Morgan fingerprint density at radius 3 is 2.92 bits per heavy atom. The van der Waals surface area contributed by atoms with Gasteiger partial charge in [-0.3, -0.25) is 4.79 Å². The predicted molar refractivity (Wildman–Crippen MR) is 86.6 cm³/mol. The van der Waals surface area contributed by atoms with Crippen molar-refractivity contribution in [3.63, 3.8) is 0 Å². The molecular formula is C17H18N4O4. The van der Waals surface area contributed by atoms with Crippen molar-refractivity contribution in [2.24, 2.45) is 0 Å². The van der Waals surface area contributed by atoms with Crippen molar-refractivity contribution in [1.29, 1.82) is 0 Å². The summed E-state index contributed by atoms with van der Waals surface area (Å²) in [5.74, 6) is 0.848. The van der Waals surface area contributed by atoms with Crippen LogP contribution in [0, 0.1) is 6.92 Å². The highest BCUT2D eigenvalue weighted by Crippen LogP contribution is 2.29. The topological polar surface area (TPSA) is 94.5 Å². The van der Waals surface area contributed by atoms with E-state index in [1.165, 1.54) is 0 Å². The average Bonchev–Trinajstić information content (AvgIpc) is 3.21. The van der Waals surface area contributed by atoms with E-state index >= 15 is 0 Å². The number of benzene rings is 1. The largest absolute Gasteiger partial charge is 0.374 e. The zero-order valence-corrected chi connectivity index (χ0v) is 14.0. The number of carbonyl (C=O) groups excluding carboxylic acids is 1. The molecule has 1 amide bonds. The molecule has 2 aromatic heterocycles. The van der Waals surface area contributed by atoms with Crippen LogP contribution in [0.25, 0.3) is 11.0 Å². The molecule has 0 radical (unpaired) electrons. The van der Waals surface area contributed by atoms with Crippen LogP contribution in [0.5, 0.6) is 0 Å². The fourth-order valence-corrected chi connectivity index (χ4v) is 3.18. The van der Waals surface area contributed by atoms with E-state index in [9.17, 15) is 4.79 Å². The van der Waals surface area contributed by atoms with Crippen LogP contribution in [0.3, 0.4) is 0 Å². The van der Waals surface area contributed by atoms with Crippen LogP contribution in [-0.4, -0.2) is 45.4 Å². The molecule has 8 nitrogen and oxygen atoms in total. The molecule has 4 rings (SSSR count). The number of carbonyl (C=O) groups is 1. The minimum absolute atomic E-state index is 0.0740. The lowest BCUT2D eigenvalue weighted by Crippen LogP contribution is -2.48. The molecule has 1 fully saturated rings. The summed E-state index contributed by atoms with van der Waals surface area (Å²) in [6, 6.07) is 7.10. The van der Waals surface area contributed by atoms with Crippen molar-refractivity contribution in [2.45, 2.75) is 32.4 Å². The van der Waals surface area contributed by atoms with Crippen molar-refractivity contribution in [3.8, 4) is 0 Å². The van der Waals surface area contributed by atoms with Gasteiger partial charge in [-0.1, -0.05) is 22.4 Å². The monoisotopic (exact) mass is 342 g/mol. The zero-order valence-electron chi connectivity index (χ0n) is 14.0. The second kappa shape index (κ2) is 6.29. The number of para-hydroxylation sites is 1. The molecule has 1 aliphatic rings. The number of aromatic nitrogens is 3. The van der Waals surface area contributed by atoms with Gasteiger partial charge < -0.3 is 18.7 Å². The summed E-state index contributed by atoms with van der Waals surface area (Å²) in [5, 5.41) is 8.72. The number of nitrogens with zero attached hydrogens (tertiary/aromatic N) is 4. The van der Waals surface area contributed by atoms with Crippen LogP contribution in [0.1, 0.15) is 30.4 Å². The molecular weight excluding hydrogens is 324 g/mol. The molecule has 8 heteroatoms. The Morgan fingerprint density at radius 2 is 2.12 bits per heavy atom. The standard InChI is InChI=1S/C17H18N4O4/c1-10-16(17-18-11(2)19-25-17)21(7-8-23-10)15(22)9-13-12-5-3-4-6-14(12)24-20-13/h3-6,10,16H,7-9H2,1-2H3/t10-,16+/m1/s1. The second-order valence-corrected chi connectivity index (χ2v) is 6.09. The lowest BCUT2D eigenvalue weighted by molar-refractivity contribution is -0.146. The first-order valence-corrected chi connectivity index (χ1v) is 8.18.